The Hall–Kier alpha value is -1.88. The maximum atomic E-state index is 11.1. The SMILES string of the molecule is O=C(Cl)c1c([O-])on[n+]1-c1ccccc1. The fourth-order valence-corrected chi connectivity index (χ4v) is 1.31. The molecule has 2 aromatic rings. The molecule has 0 atom stereocenters. The normalized spacial score (nSPS) is 10.2. The first-order chi connectivity index (χ1) is 7.20. The summed E-state index contributed by atoms with van der Waals surface area (Å²) in [6.07, 6.45) is 0. The van der Waals surface area contributed by atoms with E-state index in [1.54, 1.807) is 30.3 Å². The van der Waals surface area contributed by atoms with Crippen LogP contribution in [0, 0.1) is 0 Å². The van der Waals surface area contributed by atoms with E-state index >= 15 is 0 Å². The lowest BCUT2D eigenvalue weighted by Crippen LogP contribution is -2.37. The van der Waals surface area contributed by atoms with Gasteiger partial charge in [-0.15, -0.1) is 0 Å². The fraction of sp³-hybridized carbons (Fsp3) is 0. The van der Waals surface area contributed by atoms with Crippen molar-refractivity contribution in [2.24, 2.45) is 0 Å². The Labute approximate surface area is 89.5 Å². The minimum atomic E-state index is -0.898. The third-order valence-corrected chi connectivity index (χ3v) is 1.98. The Morgan fingerprint density at radius 3 is 2.67 bits per heavy atom. The average molecular weight is 225 g/mol. The quantitative estimate of drug-likeness (QED) is 0.547. The number of carbonyl (C=O) groups excluding carboxylic acids is 1. The highest BCUT2D eigenvalue weighted by molar-refractivity contribution is 6.67. The third kappa shape index (κ3) is 1.69. The number of hydrogen-bond donors (Lipinski definition) is 0. The molecule has 0 amide bonds. The molecule has 0 saturated heterocycles. The van der Waals surface area contributed by atoms with Crippen molar-refractivity contribution in [2.45, 2.75) is 0 Å². The highest BCUT2D eigenvalue weighted by Gasteiger charge is 2.25. The molecule has 76 valence electrons. The van der Waals surface area contributed by atoms with Crippen molar-refractivity contribution in [1.29, 1.82) is 0 Å². The second-order valence-corrected chi connectivity index (χ2v) is 3.07. The topological polar surface area (TPSA) is 70.0 Å². The third-order valence-electron chi connectivity index (χ3n) is 1.80. The van der Waals surface area contributed by atoms with Gasteiger partial charge in [0, 0.05) is 12.1 Å². The molecule has 0 spiro atoms. The molecule has 0 unspecified atom stereocenters. The summed E-state index contributed by atoms with van der Waals surface area (Å²) in [4.78, 5) is 11.0. The zero-order chi connectivity index (χ0) is 10.8. The summed E-state index contributed by atoms with van der Waals surface area (Å²) in [6, 6.07) is 8.62. The summed E-state index contributed by atoms with van der Waals surface area (Å²) in [6.45, 7) is 0. The number of nitrogens with zero attached hydrogens (tertiary/aromatic N) is 2. The number of hydrogen-bond acceptors (Lipinski definition) is 4. The molecule has 1 aromatic heterocycles. The van der Waals surface area contributed by atoms with E-state index in [-0.39, 0.29) is 5.69 Å². The van der Waals surface area contributed by atoms with E-state index in [1.807, 2.05) is 0 Å². The van der Waals surface area contributed by atoms with Crippen LogP contribution in [-0.4, -0.2) is 10.5 Å². The van der Waals surface area contributed by atoms with Gasteiger partial charge >= 0.3 is 10.9 Å². The average Bonchev–Trinajstić information content (AvgIpc) is 2.61. The predicted octanol–water partition coefficient (Wildman–Crippen LogP) is 0.404. The first-order valence-electron chi connectivity index (χ1n) is 4.04. The first kappa shape index (κ1) is 9.67. The van der Waals surface area contributed by atoms with Gasteiger partial charge in [-0.25, -0.2) is 0 Å². The summed E-state index contributed by atoms with van der Waals surface area (Å²) in [5.41, 5.74) is 0.232. The second-order valence-electron chi connectivity index (χ2n) is 2.73. The smallest absolute Gasteiger partial charge is 0.322 e. The van der Waals surface area contributed by atoms with Crippen LogP contribution in [-0.2, 0) is 0 Å². The van der Waals surface area contributed by atoms with Crippen LogP contribution in [0.15, 0.2) is 34.9 Å². The van der Waals surface area contributed by atoms with Crippen molar-refractivity contribution < 1.29 is 19.1 Å². The van der Waals surface area contributed by atoms with Crippen molar-refractivity contribution in [3.8, 4) is 11.6 Å². The summed E-state index contributed by atoms with van der Waals surface area (Å²) in [5.74, 6) is -0.848. The molecule has 0 aliphatic heterocycles. The van der Waals surface area contributed by atoms with E-state index in [0.717, 1.165) is 4.68 Å². The zero-order valence-corrected chi connectivity index (χ0v) is 8.14. The van der Waals surface area contributed by atoms with Crippen LogP contribution in [0.2, 0.25) is 0 Å². The monoisotopic (exact) mass is 224 g/mol. The molecule has 6 heteroatoms. The molecule has 0 N–H and O–H groups in total. The van der Waals surface area contributed by atoms with E-state index in [4.69, 9.17) is 11.6 Å². The van der Waals surface area contributed by atoms with Crippen LogP contribution in [0.25, 0.3) is 5.69 Å². The Morgan fingerprint density at radius 2 is 2.07 bits per heavy atom. The maximum Gasteiger partial charge on any atom is 0.322 e. The van der Waals surface area contributed by atoms with Crippen molar-refractivity contribution in [3.63, 3.8) is 0 Å². The largest absolute Gasteiger partial charge is 0.538 e. The standard InChI is InChI=1S/C9H5ClN2O3/c10-8(13)7-9(14)15-11-12(7)6-4-2-1-3-5-6/h1-5H. The number of aromatic nitrogens is 2. The molecule has 0 bridgehead atoms. The highest BCUT2D eigenvalue weighted by Crippen LogP contribution is 2.12. The minimum Gasteiger partial charge on any atom is -0.538 e. The number of para-hydroxylation sites is 1. The van der Waals surface area contributed by atoms with Gasteiger partial charge in [0.1, 0.15) is 0 Å². The van der Waals surface area contributed by atoms with Gasteiger partial charge in [-0.3, -0.25) is 4.79 Å². The lowest BCUT2D eigenvalue weighted by molar-refractivity contribution is -0.672. The molecular formula is C9H5ClN2O3. The Bertz CT molecular complexity index is 495. The predicted molar refractivity (Wildman–Crippen MR) is 47.7 cm³/mol. The summed E-state index contributed by atoms with van der Waals surface area (Å²) in [5, 5.41) is 13.6. The van der Waals surface area contributed by atoms with Gasteiger partial charge in [0.15, 0.2) is 5.95 Å². The second kappa shape index (κ2) is 3.70. The molecular weight excluding hydrogens is 220 g/mol. The van der Waals surface area contributed by atoms with Gasteiger partial charge in [-0.2, -0.15) is 0 Å². The van der Waals surface area contributed by atoms with E-state index in [1.165, 1.54) is 0 Å². The van der Waals surface area contributed by atoms with Crippen molar-refractivity contribution in [2.75, 3.05) is 0 Å². The lowest BCUT2D eigenvalue weighted by atomic mass is 10.3. The van der Waals surface area contributed by atoms with Gasteiger partial charge in [0.05, 0.1) is 5.27 Å². The van der Waals surface area contributed by atoms with Crippen LogP contribution in [0.1, 0.15) is 10.5 Å². The summed E-state index contributed by atoms with van der Waals surface area (Å²) >= 11 is 5.25. The number of halogens is 1. The van der Waals surface area contributed by atoms with Crippen LogP contribution in [0.5, 0.6) is 5.95 Å². The Morgan fingerprint density at radius 1 is 1.40 bits per heavy atom. The molecule has 0 aliphatic carbocycles. The van der Waals surface area contributed by atoms with E-state index < -0.39 is 11.2 Å². The number of benzene rings is 1. The fourth-order valence-electron chi connectivity index (χ4n) is 1.16. The molecule has 0 saturated carbocycles. The minimum absolute atomic E-state index is 0.303. The van der Waals surface area contributed by atoms with Gasteiger partial charge in [0.25, 0.3) is 0 Å². The maximum absolute atomic E-state index is 11.1. The van der Waals surface area contributed by atoms with Gasteiger partial charge in [0.2, 0.25) is 5.69 Å². The van der Waals surface area contributed by atoms with Crippen LogP contribution < -0.4 is 9.79 Å². The first-order valence-corrected chi connectivity index (χ1v) is 4.42. The van der Waals surface area contributed by atoms with Crippen molar-refractivity contribution in [1.82, 2.24) is 5.27 Å². The van der Waals surface area contributed by atoms with E-state index in [0.29, 0.717) is 5.69 Å². The molecule has 0 radical (unpaired) electrons. The lowest BCUT2D eigenvalue weighted by Gasteiger charge is -1.91. The van der Waals surface area contributed by atoms with Gasteiger partial charge < -0.3 is 9.63 Å². The zero-order valence-electron chi connectivity index (χ0n) is 7.38. The van der Waals surface area contributed by atoms with E-state index in [2.05, 4.69) is 9.79 Å². The molecule has 2 rings (SSSR count). The highest BCUT2D eigenvalue weighted by atomic mass is 35.5. The molecule has 5 nitrogen and oxygen atoms in total. The van der Waals surface area contributed by atoms with E-state index in [9.17, 15) is 9.90 Å². The molecule has 1 heterocycles. The number of rotatable bonds is 2. The van der Waals surface area contributed by atoms with Crippen LogP contribution in [0.4, 0.5) is 0 Å². The summed E-state index contributed by atoms with van der Waals surface area (Å²) < 4.78 is 5.43. The molecule has 15 heavy (non-hydrogen) atoms. The summed E-state index contributed by atoms with van der Waals surface area (Å²) in [7, 11) is 0. The molecule has 0 aliphatic rings. The Balaban J connectivity index is 2.59. The van der Waals surface area contributed by atoms with Crippen molar-refractivity contribution in [3.05, 3.63) is 36.0 Å². The van der Waals surface area contributed by atoms with Gasteiger partial charge in [-0.05, 0) is 16.3 Å². The van der Waals surface area contributed by atoms with Crippen molar-refractivity contribution >= 4 is 16.8 Å². The van der Waals surface area contributed by atoms with Crippen LogP contribution in [0.3, 0.4) is 0 Å². The van der Waals surface area contributed by atoms with Gasteiger partial charge in [-0.1, -0.05) is 18.2 Å². The van der Waals surface area contributed by atoms with Crippen LogP contribution >= 0.6 is 11.6 Å². The molecule has 0 fully saturated rings. The Kier molecular flexibility index (Phi) is 2.39. The molecule has 1 aromatic carbocycles. The number of carbonyl (C=O) groups is 1.